The molecule has 128 valence electrons. The van der Waals surface area contributed by atoms with Crippen LogP contribution in [0.2, 0.25) is 0 Å². The molecule has 1 fully saturated rings. The van der Waals surface area contributed by atoms with Crippen molar-refractivity contribution in [1.29, 1.82) is 0 Å². The Balaban J connectivity index is 2.10. The summed E-state index contributed by atoms with van der Waals surface area (Å²) in [6.45, 7) is 10.4. The molecular weight excluding hydrogens is 288 g/mol. The van der Waals surface area contributed by atoms with Crippen LogP contribution < -0.4 is 0 Å². The van der Waals surface area contributed by atoms with Gasteiger partial charge in [-0.15, -0.1) is 0 Å². The van der Waals surface area contributed by atoms with E-state index in [1.165, 1.54) is 0 Å². The van der Waals surface area contributed by atoms with Gasteiger partial charge in [0.25, 0.3) is 0 Å². The van der Waals surface area contributed by atoms with Gasteiger partial charge in [-0.05, 0) is 27.2 Å². The monoisotopic (exact) mass is 316 g/mol. The molecule has 0 radical (unpaired) electrons. The maximum absolute atomic E-state index is 11.9. The first-order valence-electron chi connectivity index (χ1n) is 7.78. The maximum Gasteiger partial charge on any atom is 0.410 e. The number of aliphatic carboxylic acids is 1. The summed E-state index contributed by atoms with van der Waals surface area (Å²) in [6.07, 6.45) is 0.438. The molecule has 0 aromatic carbocycles. The predicted octanol–water partition coefficient (Wildman–Crippen LogP) is 1.42. The second kappa shape index (κ2) is 8.95. The van der Waals surface area contributed by atoms with Crippen LogP contribution in [-0.4, -0.2) is 78.5 Å². The predicted molar refractivity (Wildman–Crippen MR) is 81.9 cm³/mol. The maximum atomic E-state index is 11.9. The standard InChI is InChI=1S/C15H28N2O5/c1-15(2,3)22-14(20)17-8-6-16(7-9-17)10-12-21-11-4-5-13(18)19/h4-12H2,1-3H3,(H,18,19). The molecule has 7 heteroatoms. The highest BCUT2D eigenvalue weighted by atomic mass is 16.6. The third-order valence-electron chi connectivity index (χ3n) is 3.26. The van der Waals surface area contributed by atoms with Gasteiger partial charge in [0.05, 0.1) is 6.61 Å². The van der Waals surface area contributed by atoms with Crippen molar-refractivity contribution >= 4 is 12.1 Å². The first-order valence-corrected chi connectivity index (χ1v) is 7.78. The first-order chi connectivity index (χ1) is 10.3. The van der Waals surface area contributed by atoms with Crippen molar-refractivity contribution < 1.29 is 24.2 Å². The molecule has 22 heavy (non-hydrogen) atoms. The molecule has 1 saturated heterocycles. The van der Waals surface area contributed by atoms with Crippen LogP contribution in [0.5, 0.6) is 0 Å². The Morgan fingerprint density at radius 2 is 1.73 bits per heavy atom. The summed E-state index contributed by atoms with van der Waals surface area (Å²) in [5.41, 5.74) is -0.460. The van der Waals surface area contributed by atoms with Gasteiger partial charge in [-0.3, -0.25) is 9.69 Å². The number of hydrogen-bond acceptors (Lipinski definition) is 5. The van der Waals surface area contributed by atoms with E-state index < -0.39 is 11.6 Å². The van der Waals surface area contributed by atoms with Crippen LogP contribution in [0.4, 0.5) is 4.79 Å². The number of rotatable bonds is 7. The SMILES string of the molecule is CC(C)(C)OC(=O)N1CCN(CCOCCCC(=O)O)CC1. The lowest BCUT2D eigenvalue weighted by molar-refractivity contribution is -0.137. The normalized spacial score (nSPS) is 16.6. The van der Waals surface area contributed by atoms with Gasteiger partial charge in [-0.1, -0.05) is 0 Å². The molecule has 0 aliphatic carbocycles. The van der Waals surface area contributed by atoms with Crippen molar-refractivity contribution in [2.45, 2.75) is 39.2 Å². The van der Waals surface area contributed by atoms with E-state index in [-0.39, 0.29) is 12.5 Å². The summed E-state index contributed by atoms with van der Waals surface area (Å²) in [4.78, 5) is 26.2. The minimum absolute atomic E-state index is 0.147. The summed E-state index contributed by atoms with van der Waals surface area (Å²) in [5, 5.41) is 8.51. The fourth-order valence-corrected chi connectivity index (χ4v) is 2.10. The number of carbonyl (C=O) groups is 2. The van der Waals surface area contributed by atoms with Crippen LogP contribution >= 0.6 is 0 Å². The van der Waals surface area contributed by atoms with Crippen molar-refractivity contribution in [3.05, 3.63) is 0 Å². The minimum Gasteiger partial charge on any atom is -0.481 e. The zero-order valence-corrected chi connectivity index (χ0v) is 13.8. The molecule has 0 atom stereocenters. The van der Waals surface area contributed by atoms with Crippen LogP contribution in [0, 0.1) is 0 Å². The quantitative estimate of drug-likeness (QED) is 0.716. The Bertz CT molecular complexity index is 359. The molecule has 0 unspecified atom stereocenters. The van der Waals surface area contributed by atoms with Crippen LogP contribution in [0.25, 0.3) is 0 Å². The molecule has 1 amide bonds. The summed E-state index contributed by atoms with van der Waals surface area (Å²) in [7, 11) is 0. The minimum atomic E-state index is -0.790. The second-order valence-electron chi connectivity index (χ2n) is 6.42. The van der Waals surface area contributed by atoms with Crippen molar-refractivity contribution in [3.8, 4) is 0 Å². The second-order valence-corrected chi connectivity index (χ2v) is 6.42. The van der Waals surface area contributed by atoms with Gasteiger partial charge in [0.15, 0.2) is 0 Å². The average Bonchev–Trinajstić information content (AvgIpc) is 2.41. The van der Waals surface area contributed by atoms with Crippen molar-refractivity contribution in [3.63, 3.8) is 0 Å². The number of piperazine rings is 1. The highest BCUT2D eigenvalue weighted by Crippen LogP contribution is 2.11. The number of carbonyl (C=O) groups excluding carboxylic acids is 1. The molecule has 1 aliphatic rings. The van der Waals surface area contributed by atoms with E-state index in [1.807, 2.05) is 20.8 Å². The Morgan fingerprint density at radius 3 is 2.27 bits per heavy atom. The van der Waals surface area contributed by atoms with E-state index in [2.05, 4.69) is 4.90 Å². The molecule has 1 heterocycles. The van der Waals surface area contributed by atoms with Crippen LogP contribution in [0.3, 0.4) is 0 Å². The lowest BCUT2D eigenvalue weighted by Crippen LogP contribution is -2.50. The van der Waals surface area contributed by atoms with E-state index in [0.717, 1.165) is 19.6 Å². The summed E-state index contributed by atoms with van der Waals surface area (Å²) in [5.74, 6) is -0.790. The molecule has 1 rings (SSSR count). The van der Waals surface area contributed by atoms with E-state index in [9.17, 15) is 9.59 Å². The van der Waals surface area contributed by atoms with Crippen molar-refractivity contribution in [2.75, 3.05) is 45.9 Å². The Morgan fingerprint density at radius 1 is 1.09 bits per heavy atom. The van der Waals surface area contributed by atoms with E-state index in [4.69, 9.17) is 14.6 Å². The van der Waals surface area contributed by atoms with Gasteiger partial charge in [-0.25, -0.2) is 4.79 Å². The molecular formula is C15H28N2O5. The van der Waals surface area contributed by atoms with E-state index >= 15 is 0 Å². The number of carboxylic acids is 1. The van der Waals surface area contributed by atoms with Crippen molar-refractivity contribution in [1.82, 2.24) is 9.80 Å². The number of hydrogen-bond donors (Lipinski definition) is 1. The zero-order chi connectivity index (χ0) is 16.6. The van der Waals surface area contributed by atoms with Gasteiger partial charge < -0.3 is 19.5 Å². The largest absolute Gasteiger partial charge is 0.481 e. The molecule has 0 saturated carbocycles. The summed E-state index contributed by atoms with van der Waals surface area (Å²) in [6, 6.07) is 0. The van der Waals surface area contributed by atoms with Gasteiger partial charge in [0.2, 0.25) is 0 Å². The van der Waals surface area contributed by atoms with Gasteiger partial charge in [-0.2, -0.15) is 0 Å². The van der Waals surface area contributed by atoms with Crippen LogP contribution in [-0.2, 0) is 14.3 Å². The Hall–Kier alpha value is -1.34. The van der Waals surface area contributed by atoms with Crippen LogP contribution in [0.15, 0.2) is 0 Å². The number of ether oxygens (including phenoxy) is 2. The fraction of sp³-hybridized carbons (Fsp3) is 0.867. The first kappa shape index (κ1) is 18.7. The smallest absolute Gasteiger partial charge is 0.410 e. The third-order valence-corrected chi connectivity index (χ3v) is 3.26. The molecule has 0 bridgehead atoms. The molecule has 1 N–H and O–H groups in total. The molecule has 0 aromatic rings. The number of nitrogens with zero attached hydrogens (tertiary/aromatic N) is 2. The summed E-state index contributed by atoms with van der Waals surface area (Å²) < 4.78 is 10.8. The number of carboxylic acid groups (broad SMARTS) is 1. The van der Waals surface area contributed by atoms with Crippen molar-refractivity contribution in [2.24, 2.45) is 0 Å². The average molecular weight is 316 g/mol. The lowest BCUT2D eigenvalue weighted by Gasteiger charge is -2.35. The topological polar surface area (TPSA) is 79.3 Å². The summed E-state index contributed by atoms with van der Waals surface area (Å²) >= 11 is 0. The fourth-order valence-electron chi connectivity index (χ4n) is 2.10. The van der Waals surface area contributed by atoms with E-state index in [1.54, 1.807) is 4.90 Å². The number of amides is 1. The molecule has 1 aliphatic heterocycles. The zero-order valence-electron chi connectivity index (χ0n) is 13.8. The highest BCUT2D eigenvalue weighted by Gasteiger charge is 2.25. The van der Waals surface area contributed by atoms with Crippen LogP contribution in [0.1, 0.15) is 33.6 Å². The van der Waals surface area contributed by atoms with Gasteiger partial charge in [0.1, 0.15) is 5.60 Å². The molecule has 7 nitrogen and oxygen atoms in total. The molecule has 0 aromatic heterocycles. The highest BCUT2D eigenvalue weighted by molar-refractivity contribution is 5.68. The lowest BCUT2D eigenvalue weighted by atomic mass is 10.2. The Kier molecular flexibility index (Phi) is 7.61. The van der Waals surface area contributed by atoms with Gasteiger partial charge in [0, 0.05) is 45.8 Å². The third kappa shape index (κ3) is 8.19. The van der Waals surface area contributed by atoms with Gasteiger partial charge >= 0.3 is 12.1 Å². The van der Waals surface area contributed by atoms with E-state index in [0.29, 0.717) is 32.7 Å². The Labute approximate surface area is 132 Å². The molecule has 0 spiro atoms.